The van der Waals surface area contributed by atoms with E-state index in [2.05, 4.69) is 5.32 Å². The number of rotatable bonds is 27. The predicted octanol–water partition coefficient (Wildman–Crippen LogP) is -0.0165. The van der Waals surface area contributed by atoms with E-state index in [9.17, 15) is 4.79 Å². The van der Waals surface area contributed by atoms with Crippen molar-refractivity contribution in [3.63, 3.8) is 0 Å². The van der Waals surface area contributed by atoms with Gasteiger partial charge in [0.05, 0.1) is 79.3 Å². The van der Waals surface area contributed by atoms with Gasteiger partial charge in [-0.25, -0.2) is 0 Å². The van der Waals surface area contributed by atoms with Crippen LogP contribution in [0.1, 0.15) is 17.5 Å². The molecule has 6 N–H and O–H groups in total. The molecule has 1 aromatic rings. The maximum atomic E-state index is 11.9. The molecule has 0 saturated carbocycles. The molecule has 0 radical (unpaired) electrons. The first-order valence-electron chi connectivity index (χ1n) is 12.7. The minimum absolute atomic E-state index is 0.0166. The lowest BCUT2D eigenvalue weighted by Crippen LogP contribution is -2.24. The lowest BCUT2D eigenvalue weighted by Gasteiger charge is -2.09. The molecule has 13 nitrogen and oxygen atoms in total. The van der Waals surface area contributed by atoms with Crippen LogP contribution >= 0.6 is 0 Å². The number of carbonyl (C=O) groups excluding carboxylic acids is 1. The molecule has 0 aliphatic heterocycles. The van der Waals surface area contributed by atoms with Crippen LogP contribution in [0.5, 0.6) is 0 Å². The van der Waals surface area contributed by atoms with Crippen molar-refractivity contribution in [1.29, 1.82) is 5.41 Å². The molecule has 0 aliphatic carbocycles. The Morgan fingerprint density at radius 3 is 1.53 bits per heavy atom. The van der Waals surface area contributed by atoms with E-state index >= 15 is 0 Å². The van der Waals surface area contributed by atoms with Crippen molar-refractivity contribution in [2.75, 3.05) is 99.4 Å². The Bertz CT molecular complexity index is 711. The highest BCUT2D eigenvalue weighted by Crippen LogP contribution is 2.03. The van der Waals surface area contributed by atoms with E-state index in [1.54, 1.807) is 12.1 Å². The van der Waals surface area contributed by atoms with Gasteiger partial charge in [0.15, 0.2) is 0 Å². The predicted molar refractivity (Wildman–Crippen MR) is 140 cm³/mol. The van der Waals surface area contributed by atoms with Crippen LogP contribution in [0.2, 0.25) is 0 Å². The number of nitrogen functional groups attached to an aromatic ring is 1. The molecule has 38 heavy (non-hydrogen) atoms. The van der Waals surface area contributed by atoms with Gasteiger partial charge >= 0.3 is 0 Å². The molecule has 0 fully saturated rings. The molecule has 0 heterocycles. The first-order valence-corrected chi connectivity index (χ1v) is 12.7. The molecule has 218 valence electrons. The van der Waals surface area contributed by atoms with Crippen molar-refractivity contribution in [1.82, 2.24) is 5.32 Å². The smallest absolute Gasteiger partial charge is 0.222 e. The Hall–Kier alpha value is -2.20. The third-order valence-electron chi connectivity index (χ3n) is 4.68. The van der Waals surface area contributed by atoms with Crippen LogP contribution in [0.3, 0.4) is 0 Å². The highest BCUT2D eigenvalue weighted by Gasteiger charge is 2.03. The fourth-order valence-corrected chi connectivity index (χ4v) is 2.69. The fourth-order valence-electron chi connectivity index (χ4n) is 2.69. The summed E-state index contributed by atoms with van der Waals surface area (Å²) in [6.45, 7) is 6.49. The van der Waals surface area contributed by atoms with Crippen molar-refractivity contribution < 1.29 is 42.7 Å². The lowest BCUT2D eigenvalue weighted by atomic mass is 10.1. The van der Waals surface area contributed by atoms with Gasteiger partial charge in [0, 0.05) is 25.1 Å². The zero-order valence-electron chi connectivity index (χ0n) is 22.2. The Morgan fingerprint density at radius 2 is 1.08 bits per heavy atom. The van der Waals surface area contributed by atoms with E-state index < -0.39 is 0 Å². The van der Waals surface area contributed by atoms with Crippen molar-refractivity contribution >= 4 is 11.7 Å². The van der Waals surface area contributed by atoms with Crippen LogP contribution < -0.4 is 16.8 Å². The van der Waals surface area contributed by atoms with E-state index in [4.69, 9.17) is 54.8 Å². The molecule has 1 rings (SSSR count). The Balaban J connectivity index is 1.75. The maximum Gasteiger partial charge on any atom is 0.222 e. The first-order chi connectivity index (χ1) is 18.6. The third-order valence-corrected chi connectivity index (χ3v) is 4.68. The maximum absolute atomic E-state index is 11.9. The third kappa shape index (κ3) is 20.8. The molecule has 0 aromatic heterocycles. The summed E-state index contributed by atoms with van der Waals surface area (Å²) < 4.78 is 42.4. The van der Waals surface area contributed by atoms with Crippen LogP contribution in [-0.4, -0.2) is 111 Å². The second kappa shape index (κ2) is 25.1. The molecule has 0 bridgehead atoms. The minimum Gasteiger partial charge on any atom is -0.384 e. The number of ether oxygens (including phenoxy) is 8. The van der Waals surface area contributed by atoms with Gasteiger partial charge < -0.3 is 54.7 Å². The second-order valence-electron chi connectivity index (χ2n) is 7.74. The SMILES string of the molecule is N=C(N)c1ccc(CNC(=O)CCOCCOCCOCOCCOCOCCOCCOCCN)cc1. The van der Waals surface area contributed by atoms with Crippen LogP contribution in [0.15, 0.2) is 24.3 Å². The van der Waals surface area contributed by atoms with Crippen molar-refractivity contribution in [2.45, 2.75) is 13.0 Å². The molecule has 0 unspecified atom stereocenters. The number of carbonyl (C=O) groups is 1. The molecule has 0 atom stereocenters. The molecule has 13 heteroatoms. The molecule has 0 saturated heterocycles. The minimum atomic E-state index is -0.0984. The highest BCUT2D eigenvalue weighted by atomic mass is 16.7. The number of hydrogen-bond acceptors (Lipinski definition) is 11. The summed E-state index contributed by atoms with van der Waals surface area (Å²) in [6, 6.07) is 7.16. The van der Waals surface area contributed by atoms with Gasteiger partial charge in [0.1, 0.15) is 19.4 Å². The summed E-state index contributed by atoms with van der Waals surface area (Å²) in [5.41, 5.74) is 12.3. The average molecular weight is 545 g/mol. The number of nitrogens with two attached hydrogens (primary N) is 2. The van der Waals surface area contributed by atoms with Crippen LogP contribution in [-0.2, 0) is 49.2 Å². The van der Waals surface area contributed by atoms with Gasteiger partial charge in [-0.15, -0.1) is 0 Å². The van der Waals surface area contributed by atoms with Gasteiger partial charge in [0.25, 0.3) is 0 Å². The topological polar surface area (TPSA) is 179 Å². The van der Waals surface area contributed by atoms with E-state index in [0.29, 0.717) is 97.9 Å². The van der Waals surface area contributed by atoms with Gasteiger partial charge in [-0.2, -0.15) is 0 Å². The largest absolute Gasteiger partial charge is 0.384 e. The Kier molecular flexibility index (Phi) is 22.3. The number of amides is 1. The number of nitrogens with one attached hydrogen (secondary N) is 2. The van der Waals surface area contributed by atoms with E-state index in [1.807, 2.05) is 12.1 Å². The van der Waals surface area contributed by atoms with Crippen LogP contribution in [0.4, 0.5) is 0 Å². The standard InChI is InChI=1S/C25H44N4O9/c26-6-8-32-10-12-34-14-16-36-21-38-18-17-37-20-35-15-13-33-11-9-31-7-5-24(30)29-19-22-1-3-23(4-2-22)25(27)28/h1-4H,5-21,26H2,(H3,27,28)(H,29,30). The van der Waals surface area contributed by atoms with Crippen LogP contribution in [0.25, 0.3) is 0 Å². The zero-order chi connectivity index (χ0) is 27.5. The average Bonchev–Trinajstić information content (AvgIpc) is 2.92. The number of benzene rings is 1. The first kappa shape index (κ1) is 33.8. The normalized spacial score (nSPS) is 11.1. The quantitative estimate of drug-likeness (QED) is 0.0506. The molecular formula is C25H44N4O9. The number of hydrogen-bond donors (Lipinski definition) is 4. The highest BCUT2D eigenvalue weighted by molar-refractivity contribution is 5.94. The summed E-state index contributed by atoms with van der Waals surface area (Å²) in [5.74, 6) is -0.0818. The van der Waals surface area contributed by atoms with Crippen molar-refractivity contribution in [3.05, 3.63) is 35.4 Å². The summed E-state index contributed by atoms with van der Waals surface area (Å²) in [6.07, 6.45) is 0.266. The molecule has 1 amide bonds. The van der Waals surface area contributed by atoms with Crippen LogP contribution in [0, 0.1) is 5.41 Å². The van der Waals surface area contributed by atoms with Crippen molar-refractivity contribution in [3.8, 4) is 0 Å². The van der Waals surface area contributed by atoms with E-state index in [0.717, 1.165) is 5.56 Å². The van der Waals surface area contributed by atoms with E-state index in [1.165, 1.54) is 0 Å². The van der Waals surface area contributed by atoms with Gasteiger partial charge in [-0.05, 0) is 5.56 Å². The van der Waals surface area contributed by atoms with Gasteiger partial charge in [-0.1, -0.05) is 24.3 Å². The fraction of sp³-hybridized carbons (Fsp3) is 0.680. The number of amidine groups is 1. The summed E-state index contributed by atoms with van der Waals surface area (Å²) in [7, 11) is 0. The molecular weight excluding hydrogens is 500 g/mol. The molecule has 1 aromatic carbocycles. The Morgan fingerprint density at radius 1 is 0.658 bits per heavy atom. The Labute approximate surface area is 224 Å². The summed E-state index contributed by atoms with van der Waals surface area (Å²) in [4.78, 5) is 11.9. The van der Waals surface area contributed by atoms with Gasteiger partial charge in [0.2, 0.25) is 5.91 Å². The van der Waals surface area contributed by atoms with E-state index in [-0.39, 0.29) is 31.7 Å². The molecule has 0 spiro atoms. The second-order valence-corrected chi connectivity index (χ2v) is 7.74. The zero-order valence-corrected chi connectivity index (χ0v) is 22.2. The van der Waals surface area contributed by atoms with Gasteiger partial charge in [-0.3, -0.25) is 10.2 Å². The summed E-state index contributed by atoms with van der Waals surface area (Å²) in [5, 5.41) is 10.2. The lowest BCUT2D eigenvalue weighted by molar-refractivity contribution is -0.122. The molecule has 0 aliphatic rings. The monoisotopic (exact) mass is 544 g/mol. The van der Waals surface area contributed by atoms with Crippen molar-refractivity contribution in [2.24, 2.45) is 11.5 Å². The summed E-state index contributed by atoms with van der Waals surface area (Å²) >= 11 is 0.